The fourth-order valence-corrected chi connectivity index (χ4v) is 8.06. The van der Waals surface area contributed by atoms with Crippen molar-refractivity contribution in [2.24, 2.45) is 0 Å². The number of ether oxygens (including phenoxy) is 1. The molecular formula is C39H43N7O4. The highest BCUT2D eigenvalue weighted by atomic mass is 16.5. The normalized spacial score (nSPS) is 22.2. The van der Waals surface area contributed by atoms with Gasteiger partial charge in [-0.25, -0.2) is 4.79 Å². The minimum absolute atomic E-state index is 0.141. The van der Waals surface area contributed by atoms with Gasteiger partial charge < -0.3 is 14.7 Å². The Morgan fingerprint density at radius 3 is 2.30 bits per heavy atom. The Bertz CT molecular complexity index is 1800. The number of aromatic nitrogens is 2. The van der Waals surface area contributed by atoms with Gasteiger partial charge in [-0.1, -0.05) is 48.5 Å². The Morgan fingerprint density at radius 2 is 1.58 bits per heavy atom. The highest BCUT2D eigenvalue weighted by molar-refractivity contribution is 6.05. The van der Waals surface area contributed by atoms with Gasteiger partial charge >= 0.3 is 6.03 Å². The number of urea groups is 1. The van der Waals surface area contributed by atoms with Crippen LogP contribution in [0.15, 0.2) is 84.9 Å². The van der Waals surface area contributed by atoms with Gasteiger partial charge in [0.2, 0.25) is 5.91 Å². The van der Waals surface area contributed by atoms with Crippen molar-refractivity contribution in [3.63, 3.8) is 0 Å². The molecule has 0 spiro atoms. The molecule has 11 nitrogen and oxygen atoms in total. The van der Waals surface area contributed by atoms with Crippen LogP contribution in [0.25, 0.3) is 0 Å². The van der Waals surface area contributed by atoms with Crippen molar-refractivity contribution in [3.8, 4) is 11.5 Å². The van der Waals surface area contributed by atoms with E-state index in [1.54, 1.807) is 12.1 Å². The summed E-state index contributed by atoms with van der Waals surface area (Å²) in [6.45, 7) is 7.76. The van der Waals surface area contributed by atoms with E-state index in [-0.39, 0.29) is 29.9 Å². The van der Waals surface area contributed by atoms with Crippen molar-refractivity contribution in [3.05, 3.63) is 107 Å². The number of hydrogen-bond acceptors (Lipinski definition) is 9. The van der Waals surface area contributed by atoms with Gasteiger partial charge in [0.1, 0.15) is 11.5 Å². The third-order valence-electron chi connectivity index (χ3n) is 10.8. The third-order valence-corrected chi connectivity index (χ3v) is 10.8. The molecule has 3 aromatic carbocycles. The number of rotatable bonds is 7. The van der Waals surface area contributed by atoms with Crippen molar-refractivity contribution in [2.75, 3.05) is 62.2 Å². The minimum atomic E-state index is -0.444. The van der Waals surface area contributed by atoms with Crippen LogP contribution in [0, 0.1) is 0 Å². The van der Waals surface area contributed by atoms with Crippen molar-refractivity contribution in [1.82, 2.24) is 25.3 Å². The van der Waals surface area contributed by atoms with Crippen molar-refractivity contribution >= 4 is 23.4 Å². The molecule has 3 fully saturated rings. The molecule has 3 amide bonds. The number of benzene rings is 3. The second kappa shape index (κ2) is 14.1. The zero-order valence-electron chi connectivity index (χ0n) is 28.2. The molecule has 11 heteroatoms. The Kier molecular flexibility index (Phi) is 9.08. The number of phenols is 1. The molecule has 0 saturated carbocycles. The molecule has 4 aromatic rings. The third kappa shape index (κ3) is 6.75. The van der Waals surface area contributed by atoms with Crippen LogP contribution in [0.2, 0.25) is 0 Å². The lowest BCUT2D eigenvalue weighted by Gasteiger charge is -2.43. The second-order valence-corrected chi connectivity index (χ2v) is 13.8. The van der Waals surface area contributed by atoms with Gasteiger partial charge in [0.05, 0.1) is 12.3 Å². The predicted octanol–water partition coefficient (Wildman–Crippen LogP) is 4.72. The van der Waals surface area contributed by atoms with Crippen LogP contribution in [0.5, 0.6) is 11.5 Å². The number of nitrogens with zero attached hydrogens (tertiary/aromatic N) is 6. The number of piperazine rings is 1. The summed E-state index contributed by atoms with van der Waals surface area (Å²) in [5.74, 6) is 1.53. The highest BCUT2D eigenvalue weighted by Crippen LogP contribution is 2.47. The summed E-state index contributed by atoms with van der Waals surface area (Å²) in [6.07, 6.45) is 2.57. The van der Waals surface area contributed by atoms with Crippen LogP contribution >= 0.6 is 0 Å². The fraction of sp³-hybridized carbons (Fsp3) is 0.385. The van der Waals surface area contributed by atoms with Gasteiger partial charge in [0.25, 0.3) is 0 Å². The first kappa shape index (κ1) is 32.2. The fourth-order valence-electron chi connectivity index (χ4n) is 8.06. The number of anilines is 2. The number of carbonyl (C=O) groups is 2. The number of aromatic hydroxyl groups is 1. The summed E-state index contributed by atoms with van der Waals surface area (Å²) < 4.78 is 6.16. The van der Waals surface area contributed by atoms with E-state index in [1.165, 1.54) is 21.7 Å². The van der Waals surface area contributed by atoms with Crippen LogP contribution in [0.3, 0.4) is 0 Å². The first-order valence-corrected chi connectivity index (χ1v) is 17.7. The van der Waals surface area contributed by atoms with Gasteiger partial charge in [-0.05, 0) is 54.3 Å². The number of phenolic OH excluding ortho intramolecular Hbond substituents is 1. The number of fused-ring (bicyclic) bond motifs is 1. The topological polar surface area (TPSA) is 114 Å². The standard InChI is InChI=1S/C39H43N7O4/c47-32-11-12-33-35(24-32)50-26-34(27-4-2-1-3-5-27)38(33)28-6-9-30(10-7-28)44-17-14-31(15-18-44)45-22-20-43(21-23-45)25-29-8-13-36(42-41-29)46-19-16-37(48)40-39(46)49/h1-13,24,31,34,38,47H,14-23,25-26H2,(H,40,48,49). The summed E-state index contributed by atoms with van der Waals surface area (Å²) in [5.41, 5.74) is 5.79. The van der Waals surface area contributed by atoms with Gasteiger partial charge in [-0.3, -0.25) is 24.8 Å². The van der Waals surface area contributed by atoms with E-state index < -0.39 is 6.03 Å². The van der Waals surface area contributed by atoms with Crippen molar-refractivity contribution in [1.29, 1.82) is 0 Å². The predicted molar refractivity (Wildman–Crippen MR) is 191 cm³/mol. The SMILES string of the molecule is O=C1CCN(c2ccc(CN3CCN(C4CCN(c5ccc(C6c7ccc(O)cc7OCC6c6ccccc6)cc5)CC4)CC3)nn2)C(=O)N1. The van der Waals surface area contributed by atoms with E-state index >= 15 is 0 Å². The average molecular weight is 674 g/mol. The summed E-state index contributed by atoms with van der Waals surface area (Å²) in [5, 5.41) is 21.1. The average Bonchev–Trinajstić information content (AvgIpc) is 3.16. The quantitative estimate of drug-likeness (QED) is 0.288. The maximum Gasteiger partial charge on any atom is 0.329 e. The maximum absolute atomic E-state index is 12.1. The molecule has 4 aliphatic rings. The number of hydrogen-bond donors (Lipinski definition) is 2. The Balaban J connectivity index is 0.846. The molecule has 0 radical (unpaired) electrons. The molecular weight excluding hydrogens is 630 g/mol. The summed E-state index contributed by atoms with van der Waals surface area (Å²) >= 11 is 0. The summed E-state index contributed by atoms with van der Waals surface area (Å²) in [7, 11) is 0. The van der Waals surface area contributed by atoms with Gasteiger partial charge in [0, 0.05) is 94.0 Å². The molecule has 4 aliphatic heterocycles. The molecule has 0 aliphatic carbocycles. The van der Waals surface area contributed by atoms with Gasteiger partial charge in [-0.2, -0.15) is 5.10 Å². The lowest BCUT2D eigenvalue weighted by Crippen LogP contribution is -2.53. The number of piperidine rings is 1. The molecule has 5 heterocycles. The van der Waals surface area contributed by atoms with Gasteiger partial charge in [-0.15, -0.1) is 5.10 Å². The van der Waals surface area contributed by atoms with Crippen molar-refractivity contribution < 1.29 is 19.4 Å². The Hall–Kier alpha value is -5.00. The van der Waals surface area contributed by atoms with E-state index in [4.69, 9.17) is 4.74 Å². The molecule has 0 bridgehead atoms. The smallest absolute Gasteiger partial charge is 0.329 e. The monoisotopic (exact) mass is 673 g/mol. The molecule has 8 rings (SSSR count). The summed E-state index contributed by atoms with van der Waals surface area (Å²) in [4.78, 5) is 32.6. The number of imide groups is 1. The van der Waals surface area contributed by atoms with Crippen LogP contribution in [-0.4, -0.2) is 95.5 Å². The van der Waals surface area contributed by atoms with Gasteiger partial charge in [0.15, 0.2) is 5.82 Å². The number of carbonyl (C=O) groups excluding carboxylic acids is 2. The summed E-state index contributed by atoms with van der Waals surface area (Å²) in [6, 6.07) is 29.1. The molecule has 258 valence electrons. The zero-order valence-corrected chi connectivity index (χ0v) is 28.2. The van der Waals surface area contributed by atoms with E-state index in [2.05, 4.69) is 84.8 Å². The highest BCUT2D eigenvalue weighted by Gasteiger charge is 2.34. The molecule has 50 heavy (non-hydrogen) atoms. The van der Waals surface area contributed by atoms with E-state index in [9.17, 15) is 14.7 Å². The maximum atomic E-state index is 12.1. The Morgan fingerprint density at radius 1 is 0.800 bits per heavy atom. The lowest BCUT2D eigenvalue weighted by molar-refractivity contribution is -0.120. The number of amides is 3. The molecule has 2 N–H and O–H groups in total. The van der Waals surface area contributed by atoms with E-state index in [1.807, 2.05) is 18.2 Å². The molecule has 2 unspecified atom stereocenters. The number of nitrogens with one attached hydrogen (secondary N) is 1. The molecule has 2 atom stereocenters. The molecule has 3 saturated heterocycles. The molecule has 1 aromatic heterocycles. The van der Waals surface area contributed by atoms with Crippen LogP contribution in [-0.2, 0) is 11.3 Å². The first-order chi connectivity index (χ1) is 24.5. The van der Waals surface area contributed by atoms with E-state index in [0.717, 1.165) is 75.7 Å². The first-order valence-electron chi connectivity index (χ1n) is 17.7. The van der Waals surface area contributed by atoms with Crippen LogP contribution < -0.4 is 19.9 Å². The lowest BCUT2D eigenvalue weighted by atomic mass is 9.76. The second-order valence-electron chi connectivity index (χ2n) is 13.8. The zero-order chi connectivity index (χ0) is 34.0. The van der Waals surface area contributed by atoms with E-state index in [0.29, 0.717) is 25.0 Å². The van der Waals surface area contributed by atoms with Crippen LogP contribution in [0.4, 0.5) is 16.3 Å². The Labute approximate surface area is 292 Å². The minimum Gasteiger partial charge on any atom is -0.508 e. The van der Waals surface area contributed by atoms with Crippen LogP contribution in [0.1, 0.15) is 53.5 Å². The van der Waals surface area contributed by atoms with Crippen molar-refractivity contribution in [2.45, 2.75) is 43.7 Å². The largest absolute Gasteiger partial charge is 0.508 e.